The minimum Gasteiger partial charge on any atom is -0.480 e. The van der Waals surface area contributed by atoms with Crippen LogP contribution in [0.5, 0.6) is 0 Å². The zero-order valence-corrected chi connectivity index (χ0v) is 8.93. The molecule has 1 heterocycles. The highest BCUT2D eigenvalue weighted by Gasteiger charge is 2.29. The number of hydrogen-bond acceptors (Lipinski definition) is 3. The van der Waals surface area contributed by atoms with Crippen LogP contribution in [0.2, 0.25) is 0 Å². The van der Waals surface area contributed by atoms with Crippen LogP contribution in [0.15, 0.2) is 30.3 Å². The van der Waals surface area contributed by atoms with Crippen molar-refractivity contribution in [2.24, 2.45) is 0 Å². The number of rotatable bonds is 4. The first kappa shape index (κ1) is 11.1. The highest BCUT2D eigenvalue weighted by molar-refractivity contribution is 5.73. The molecule has 2 N–H and O–H groups in total. The van der Waals surface area contributed by atoms with E-state index >= 15 is 0 Å². The topological polar surface area (TPSA) is 58.6 Å². The number of carboxylic acids is 1. The third-order valence-corrected chi connectivity index (χ3v) is 2.72. The van der Waals surface area contributed by atoms with Crippen LogP contribution in [0.4, 0.5) is 0 Å². The molecule has 1 saturated heterocycles. The van der Waals surface area contributed by atoms with Crippen molar-refractivity contribution in [3.63, 3.8) is 0 Å². The van der Waals surface area contributed by atoms with Gasteiger partial charge in [-0.2, -0.15) is 0 Å². The summed E-state index contributed by atoms with van der Waals surface area (Å²) >= 11 is 0. The van der Waals surface area contributed by atoms with E-state index in [0.717, 1.165) is 5.56 Å². The molecule has 0 spiro atoms. The molecule has 0 aromatic heterocycles. The quantitative estimate of drug-likeness (QED) is 0.797. The summed E-state index contributed by atoms with van der Waals surface area (Å²) in [6.45, 7) is 1.16. The second-order valence-electron chi connectivity index (χ2n) is 3.95. The Labute approximate surface area is 94.2 Å². The summed E-state index contributed by atoms with van der Waals surface area (Å²) in [6, 6.07) is 9.42. The molecule has 1 aliphatic heterocycles. The van der Waals surface area contributed by atoms with Crippen molar-refractivity contribution in [2.75, 3.05) is 6.54 Å². The summed E-state index contributed by atoms with van der Waals surface area (Å²) in [5.41, 5.74) is 1.11. The molecule has 1 unspecified atom stereocenters. The van der Waals surface area contributed by atoms with Gasteiger partial charge in [-0.15, -0.1) is 0 Å². The van der Waals surface area contributed by atoms with Crippen LogP contribution in [0, 0.1) is 0 Å². The van der Waals surface area contributed by atoms with Crippen LogP contribution in [0.25, 0.3) is 0 Å². The average molecular weight is 221 g/mol. The molecule has 1 fully saturated rings. The molecule has 16 heavy (non-hydrogen) atoms. The second kappa shape index (κ2) is 5.09. The van der Waals surface area contributed by atoms with Gasteiger partial charge in [0.15, 0.2) is 0 Å². The second-order valence-corrected chi connectivity index (χ2v) is 3.95. The summed E-state index contributed by atoms with van der Waals surface area (Å²) in [7, 11) is 0. The van der Waals surface area contributed by atoms with E-state index in [0.29, 0.717) is 19.6 Å². The van der Waals surface area contributed by atoms with E-state index in [2.05, 4.69) is 5.32 Å². The molecule has 86 valence electrons. The van der Waals surface area contributed by atoms with Crippen molar-refractivity contribution >= 4 is 5.97 Å². The Morgan fingerprint density at radius 3 is 2.81 bits per heavy atom. The van der Waals surface area contributed by atoms with Crippen molar-refractivity contribution in [3.8, 4) is 0 Å². The van der Waals surface area contributed by atoms with Crippen LogP contribution in [0.1, 0.15) is 12.0 Å². The first-order valence-corrected chi connectivity index (χ1v) is 5.37. The number of carboxylic acid groups (broad SMARTS) is 1. The van der Waals surface area contributed by atoms with Crippen molar-refractivity contribution < 1.29 is 14.6 Å². The molecule has 0 saturated carbocycles. The normalized spacial score (nSPS) is 24.5. The molecule has 2 atom stereocenters. The van der Waals surface area contributed by atoms with Crippen LogP contribution in [0.3, 0.4) is 0 Å². The van der Waals surface area contributed by atoms with Gasteiger partial charge in [0.05, 0.1) is 12.7 Å². The van der Waals surface area contributed by atoms with E-state index in [1.807, 2.05) is 30.3 Å². The third kappa shape index (κ3) is 2.81. The number of hydrogen-bond donors (Lipinski definition) is 2. The minimum absolute atomic E-state index is 0.00121. The lowest BCUT2D eigenvalue weighted by molar-refractivity contribution is -0.139. The summed E-state index contributed by atoms with van der Waals surface area (Å²) in [5.74, 6) is -0.800. The monoisotopic (exact) mass is 221 g/mol. The minimum atomic E-state index is -0.800. The first-order chi connectivity index (χ1) is 7.75. The Kier molecular flexibility index (Phi) is 3.54. The largest absolute Gasteiger partial charge is 0.480 e. The van der Waals surface area contributed by atoms with Crippen LogP contribution >= 0.6 is 0 Å². The lowest BCUT2D eigenvalue weighted by Crippen LogP contribution is -2.29. The zero-order valence-electron chi connectivity index (χ0n) is 8.93. The number of ether oxygens (including phenoxy) is 1. The molecule has 4 heteroatoms. The highest BCUT2D eigenvalue weighted by atomic mass is 16.5. The predicted octanol–water partition coefficient (Wildman–Crippen LogP) is 1.02. The van der Waals surface area contributed by atoms with Gasteiger partial charge in [-0.1, -0.05) is 30.3 Å². The molecule has 1 aliphatic rings. The fourth-order valence-electron chi connectivity index (χ4n) is 1.81. The van der Waals surface area contributed by atoms with Crippen molar-refractivity contribution in [1.29, 1.82) is 0 Å². The summed E-state index contributed by atoms with van der Waals surface area (Å²) in [6.07, 6.45) is 0.545. The summed E-state index contributed by atoms with van der Waals surface area (Å²) in [5, 5.41) is 11.7. The zero-order chi connectivity index (χ0) is 11.4. The summed E-state index contributed by atoms with van der Waals surface area (Å²) in [4.78, 5) is 10.7. The van der Waals surface area contributed by atoms with E-state index in [1.165, 1.54) is 0 Å². The lowest BCUT2D eigenvalue weighted by atomic mass is 10.2. The van der Waals surface area contributed by atoms with E-state index < -0.39 is 12.0 Å². The fraction of sp³-hybridized carbons (Fsp3) is 0.417. The maximum absolute atomic E-state index is 10.7. The highest BCUT2D eigenvalue weighted by Crippen LogP contribution is 2.12. The van der Waals surface area contributed by atoms with Crippen LogP contribution in [-0.4, -0.2) is 29.8 Å². The van der Waals surface area contributed by atoms with E-state index in [9.17, 15) is 4.79 Å². The van der Waals surface area contributed by atoms with E-state index in [-0.39, 0.29) is 6.10 Å². The Bertz CT molecular complexity index is 353. The van der Waals surface area contributed by atoms with Gasteiger partial charge in [0.1, 0.15) is 6.04 Å². The lowest BCUT2D eigenvalue weighted by Gasteiger charge is -2.10. The SMILES string of the molecule is O=C(O)[C@@H]1CC(OCc2ccccc2)CN1. The third-order valence-electron chi connectivity index (χ3n) is 2.72. The molecule has 2 rings (SSSR count). The fourth-order valence-corrected chi connectivity index (χ4v) is 1.81. The molecule has 4 nitrogen and oxygen atoms in total. The van der Waals surface area contributed by atoms with Gasteiger partial charge in [0.2, 0.25) is 0 Å². The Hall–Kier alpha value is -1.39. The van der Waals surface area contributed by atoms with Gasteiger partial charge >= 0.3 is 5.97 Å². The maximum atomic E-state index is 10.7. The number of nitrogens with one attached hydrogen (secondary N) is 1. The van der Waals surface area contributed by atoms with Gasteiger partial charge in [-0.25, -0.2) is 0 Å². The van der Waals surface area contributed by atoms with E-state index in [1.54, 1.807) is 0 Å². The van der Waals surface area contributed by atoms with Crippen molar-refractivity contribution in [2.45, 2.75) is 25.2 Å². The molecular weight excluding hydrogens is 206 g/mol. The molecule has 0 aliphatic carbocycles. The predicted molar refractivity (Wildman–Crippen MR) is 59.1 cm³/mol. The Morgan fingerprint density at radius 2 is 2.19 bits per heavy atom. The average Bonchev–Trinajstić information content (AvgIpc) is 2.76. The molecular formula is C12H15NO3. The molecule has 0 bridgehead atoms. The van der Waals surface area contributed by atoms with Gasteiger partial charge in [-0.3, -0.25) is 4.79 Å². The first-order valence-electron chi connectivity index (χ1n) is 5.37. The standard InChI is InChI=1S/C12H15NO3/c14-12(15)11-6-10(7-13-11)16-8-9-4-2-1-3-5-9/h1-5,10-11,13H,6-8H2,(H,14,15)/t10?,11-/m0/s1. The van der Waals surface area contributed by atoms with Crippen LogP contribution in [-0.2, 0) is 16.1 Å². The van der Waals surface area contributed by atoms with Gasteiger partial charge in [-0.05, 0) is 5.56 Å². The van der Waals surface area contributed by atoms with Gasteiger partial charge in [0, 0.05) is 13.0 Å². The van der Waals surface area contributed by atoms with Gasteiger partial charge < -0.3 is 15.2 Å². The van der Waals surface area contributed by atoms with Crippen molar-refractivity contribution in [1.82, 2.24) is 5.32 Å². The number of carbonyl (C=O) groups is 1. The molecule has 0 amide bonds. The van der Waals surface area contributed by atoms with E-state index in [4.69, 9.17) is 9.84 Å². The van der Waals surface area contributed by atoms with Gasteiger partial charge in [0.25, 0.3) is 0 Å². The van der Waals surface area contributed by atoms with Crippen LogP contribution < -0.4 is 5.32 Å². The van der Waals surface area contributed by atoms with Crippen molar-refractivity contribution in [3.05, 3.63) is 35.9 Å². The number of benzene rings is 1. The molecule has 1 aromatic rings. The Morgan fingerprint density at radius 1 is 1.44 bits per heavy atom. The molecule has 0 radical (unpaired) electrons. The summed E-state index contributed by atoms with van der Waals surface area (Å²) < 4.78 is 5.64. The molecule has 1 aromatic carbocycles. The maximum Gasteiger partial charge on any atom is 0.320 e. The Balaban J connectivity index is 1.78. The number of aliphatic carboxylic acids is 1. The smallest absolute Gasteiger partial charge is 0.320 e.